The third-order valence-electron chi connectivity index (χ3n) is 1.62. The van der Waals surface area contributed by atoms with Gasteiger partial charge in [-0.25, -0.2) is 0 Å². The molecule has 0 aliphatic rings. The van der Waals surface area contributed by atoms with E-state index in [0.29, 0.717) is 0 Å². The molecule has 0 atom stereocenters. The minimum atomic E-state index is 0. The molecule has 0 unspecified atom stereocenters. The molecule has 0 aromatic carbocycles. The maximum Gasteiger partial charge on any atom is 0.0319 e. The van der Waals surface area contributed by atoms with Gasteiger partial charge in [0.1, 0.15) is 0 Å². The Morgan fingerprint density at radius 2 is 1.00 bits per heavy atom. The average Bonchev–Trinajstić information content (AvgIpc) is 2.10. The summed E-state index contributed by atoms with van der Waals surface area (Å²) in [6, 6.07) is 0. The Morgan fingerprint density at radius 3 is 1.15 bits per heavy atom. The van der Waals surface area contributed by atoms with Crippen molar-refractivity contribution in [3.8, 4) is 0 Å². The number of hydrogen-bond donors (Lipinski definition) is 1. The fourth-order valence-electron chi connectivity index (χ4n) is 1.28. The van der Waals surface area contributed by atoms with E-state index < -0.39 is 0 Å². The van der Waals surface area contributed by atoms with Gasteiger partial charge >= 0.3 is 0 Å². The van der Waals surface area contributed by atoms with E-state index >= 15 is 0 Å². The van der Waals surface area contributed by atoms with Crippen LogP contribution in [0.1, 0.15) is 40.0 Å². The SMILES string of the molecule is CCCN(CCC)CCC.CO.Cl. The molecule has 0 spiro atoms. The molecule has 0 bridgehead atoms. The molecule has 0 saturated heterocycles. The second kappa shape index (κ2) is 18.1. The summed E-state index contributed by atoms with van der Waals surface area (Å²) in [7, 11) is 1.00. The molecule has 0 rings (SSSR count). The van der Waals surface area contributed by atoms with E-state index in [2.05, 4.69) is 25.7 Å². The van der Waals surface area contributed by atoms with Crippen LogP contribution in [0.4, 0.5) is 0 Å². The normalized spacial score (nSPS) is 8.77. The molecule has 2 nitrogen and oxygen atoms in total. The van der Waals surface area contributed by atoms with Gasteiger partial charge in [0.05, 0.1) is 0 Å². The van der Waals surface area contributed by atoms with Crippen molar-refractivity contribution >= 4 is 12.4 Å². The summed E-state index contributed by atoms with van der Waals surface area (Å²) in [5, 5.41) is 7.00. The fraction of sp³-hybridized carbons (Fsp3) is 1.00. The second-order valence-electron chi connectivity index (χ2n) is 2.84. The maximum atomic E-state index is 7.00. The van der Waals surface area contributed by atoms with Gasteiger partial charge in [0.25, 0.3) is 0 Å². The third-order valence-corrected chi connectivity index (χ3v) is 1.62. The van der Waals surface area contributed by atoms with Crippen LogP contribution in [0.25, 0.3) is 0 Å². The van der Waals surface area contributed by atoms with Gasteiger partial charge in [-0.3, -0.25) is 0 Å². The summed E-state index contributed by atoms with van der Waals surface area (Å²) in [5.41, 5.74) is 0. The smallest absolute Gasteiger partial charge is 0.0319 e. The summed E-state index contributed by atoms with van der Waals surface area (Å²) in [6.45, 7) is 10.6. The van der Waals surface area contributed by atoms with Crippen molar-refractivity contribution in [3.63, 3.8) is 0 Å². The number of halogens is 1. The van der Waals surface area contributed by atoms with E-state index in [9.17, 15) is 0 Å². The van der Waals surface area contributed by atoms with Crippen molar-refractivity contribution in [2.45, 2.75) is 40.0 Å². The largest absolute Gasteiger partial charge is 0.400 e. The number of rotatable bonds is 6. The Balaban J connectivity index is -0.000000309. The van der Waals surface area contributed by atoms with Crippen molar-refractivity contribution in [1.82, 2.24) is 4.90 Å². The molecule has 84 valence electrons. The minimum Gasteiger partial charge on any atom is -0.400 e. The predicted molar refractivity (Wildman–Crippen MR) is 62.7 cm³/mol. The van der Waals surface area contributed by atoms with Gasteiger partial charge in [0.15, 0.2) is 0 Å². The highest BCUT2D eigenvalue weighted by atomic mass is 35.5. The summed E-state index contributed by atoms with van der Waals surface area (Å²) < 4.78 is 0. The van der Waals surface area contributed by atoms with Crippen molar-refractivity contribution in [1.29, 1.82) is 0 Å². The first-order valence-corrected chi connectivity index (χ1v) is 5.02. The monoisotopic (exact) mass is 211 g/mol. The van der Waals surface area contributed by atoms with Crippen LogP contribution in [-0.4, -0.2) is 36.8 Å². The Labute approximate surface area is 89.7 Å². The molecule has 1 N–H and O–H groups in total. The zero-order chi connectivity index (χ0) is 9.82. The summed E-state index contributed by atoms with van der Waals surface area (Å²) in [5.74, 6) is 0. The lowest BCUT2D eigenvalue weighted by atomic mass is 10.3. The first-order chi connectivity index (χ1) is 5.85. The molecule has 0 fully saturated rings. The molecule has 0 aromatic heterocycles. The molecular weight excluding hydrogens is 186 g/mol. The van der Waals surface area contributed by atoms with Crippen LogP contribution in [0.2, 0.25) is 0 Å². The quantitative estimate of drug-likeness (QED) is 0.730. The number of aliphatic hydroxyl groups is 1. The molecule has 13 heavy (non-hydrogen) atoms. The van der Waals surface area contributed by atoms with Gasteiger partial charge in [-0.2, -0.15) is 0 Å². The molecule has 0 saturated carbocycles. The van der Waals surface area contributed by atoms with Crippen LogP contribution in [0.15, 0.2) is 0 Å². The van der Waals surface area contributed by atoms with E-state index in [0.717, 1.165) is 7.11 Å². The average molecular weight is 212 g/mol. The van der Waals surface area contributed by atoms with Crippen LogP contribution in [0.3, 0.4) is 0 Å². The molecule has 0 amide bonds. The zero-order valence-corrected chi connectivity index (χ0v) is 10.4. The highest BCUT2D eigenvalue weighted by Crippen LogP contribution is 1.94. The molecule has 0 aromatic rings. The van der Waals surface area contributed by atoms with Gasteiger partial charge in [0, 0.05) is 7.11 Å². The van der Waals surface area contributed by atoms with Gasteiger partial charge in [-0.15, -0.1) is 12.4 Å². The number of aliphatic hydroxyl groups excluding tert-OH is 1. The standard InChI is InChI=1S/C9H21N.CH4O.ClH/c1-4-7-10(8-5-2)9-6-3;1-2;/h4-9H2,1-3H3;2H,1H3;1H. The summed E-state index contributed by atoms with van der Waals surface area (Å²) in [6.07, 6.45) is 3.88. The molecular formula is C10H26ClNO. The lowest BCUT2D eigenvalue weighted by molar-refractivity contribution is 0.275. The zero-order valence-electron chi connectivity index (χ0n) is 9.55. The fourth-order valence-corrected chi connectivity index (χ4v) is 1.28. The highest BCUT2D eigenvalue weighted by molar-refractivity contribution is 5.85. The summed E-state index contributed by atoms with van der Waals surface area (Å²) in [4.78, 5) is 2.54. The molecule has 0 aliphatic carbocycles. The summed E-state index contributed by atoms with van der Waals surface area (Å²) >= 11 is 0. The molecule has 0 radical (unpaired) electrons. The van der Waals surface area contributed by atoms with Crippen molar-refractivity contribution in [3.05, 3.63) is 0 Å². The molecule has 0 aliphatic heterocycles. The van der Waals surface area contributed by atoms with Gasteiger partial charge < -0.3 is 10.0 Å². The Morgan fingerprint density at radius 1 is 0.769 bits per heavy atom. The van der Waals surface area contributed by atoms with E-state index in [-0.39, 0.29) is 12.4 Å². The lowest BCUT2D eigenvalue weighted by Crippen LogP contribution is -2.25. The van der Waals surface area contributed by atoms with Crippen LogP contribution >= 0.6 is 12.4 Å². The molecule has 3 heteroatoms. The van der Waals surface area contributed by atoms with Crippen LogP contribution in [0, 0.1) is 0 Å². The molecule has 0 heterocycles. The minimum absolute atomic E-state index is 0. The third kappa shape index (κ3) is 15.0. The van der Waals surface area contributed by atoms with Crippen molar-refractivity contribution < 1.29 is 5.11 Å². The van der Waals surface area contributed by atoms with Gasteiger partial charge in [-0.05, 0) is 38.9 Å². The number of hydrogen-bond acceptors (Lipinski definition) is 2. The van der Waals surface area contributed by atoms with Crippen LogP contribution in [-0.2, 0) is 0 Å². The maximum absolute atomic E-state index is 7.00. The van der Waals surface area contributed by atoms with Gasteiger partial charge in [0.2, 0.25) is 0 Å². The van der Waals surface area contributed by atoms with Crippen LogP contribution in [0.5, 0.6) is 0 Å². The first kappa shape index (κ1) is 18.9. The van der Waals surface area contributed by atoms with E-state index in [1.165, 1.54) is 38.9 Å². The van der Waals surface area contributed by atoms with E-state index in [1.54, 1.807) is 0 Å². The number of nitrogens with zero attached hydrogens (tertiary/aromatic N) is 1. The first-order valence-electron chi connectivity index (χ1n) is 5.02. The lowest BCUT2D eigenvalue weighted by Gasteiger charge is -2.19. The topological polar surface area (TPSA) is 23.5 Å². The van der Waals surface area contributed by atoms with Crippen molar-refractivity contribution in [2.24, 2.45) is 0 Å². The predicted octanol–water partition coefficient (Wildman–Crippen LogP) is 2.55. The second-order valence-corrected chi connectivity index (χ2v) is 2.84. The van der Waals surface area contributed by atoms with Gasteiger partial charge in [-0.1, -0.05) is 20.8 Å². The Bertz CT molecular complexity index is 57.7. The van der Waals surface area contributed by atoms with E-state index in [4.69, 9.17) is 5.11 Å². The highest BCUT2D eigenvalue weighted by Gasteiger charge is 1.98. The van der Waals surface area contributed by atoms with E-state index in [1.807, 2.05) is 0 Å². The van der Waals surface area contributed by atoms with Crippen molar-refractivity contribution in [2.75, 3.05) is 26.7 Å². The Kier molecular flexibility index (Phi) is 26.3. The Hall–Kier alpha value is 0.210. The van der Waals surface area contributed by atoms with Crippen LogP contribution < -0.4 is 0 Å².